The van der Waals surface area contributed by atoms with Gasteiger partial charge in [-0.15, -0.1) is 0 Å². The van der Waals surface area contributed by atoms with Gasteiger partial charge in [0.2, 0.25) is 0 Å². The summed E-state index contributed by atoms with van der Waals surface area (Å²) >= 11 is 0. The predicted octanol–water partition coefficient (Wildman–Crippen LogP) is 3.23. The number of aliphatic imine (C=N–C) groups is 1. The monoisotopic (exact) mass is 441 g/mol. The molecular formula is C23H24FN3O3S. The van der Waals surface area contributed by atoms with Crippen molar-refractivity contribution in [1.82, 2.24) is 4.57 Å². The second-order valence-corrected chi connectivity index (χ2v) is 8.52. The molecule has 6 nitrogen and oxygen atoms in total. The van der Waals surface area contributed by atoms with Gasteiger partial charge in [0.25, 0.3) is 5.56 Å². The maximum absolute atomic E-state index is 14.5. The summed E-state index contributed by atoms with van der Waals surface area (Å²) < 4.78 is 33.2. The zero-order valence-electron chi connectivity index (χ0n) is 17.8. The molecular weight excluding hydrogens is 417 g/mol. The van der Waals surface area contributed by atoms with Crippen LogP contribution < -0.4 is 16.0 Å². The average molecular weight is 442 g/mol. The third-order valence-corrected chi connectivity index (χ3v) is 5.70. The van der Waals surface area contributed by atoms with Gasteiger partial charge in [-0.3, -0.25) is 14.0 Å². The Kier molecular flexibility index (Phi) is 6.70. The molecule has 0 bridgehead atoms. The number of hydrogen-bond donors (Lipinski definition) is 1. The van der Waals surface area contributed by atoms with Gasteiger partial charge in [0, 0.05) is 83.5 Å². The number of methoxy groups -OCH3 is 1. The lowest BCUT2D eigenvalue weighted by Gasteiger charge is -2.16. The van der Waals surface area contributed by atoms with Crippen LogP contribution in [0.25, 0.3) is 27.5 Å². The van der Waals surface area contributed by atoms with Crippen molar-refractivity contribution in [3.63, 3.8) is 0 Å². The Balaban J connectivity index is 2.40. The molecule has 1 heterocycles. The van der Waals surface area contributed by atoms with Gasteiger partial charge in [-0.25, -0.2) is 4.39 Å². The summed E-state index contributed by atoms with van der Waals surface area (Å²) in [7, 11) is 3.54. The molecule has 0 spiro atoms. The van der Waals surface area contributed by atoms with Crippen LogP contribution in [0.15, 0.2) is 52.5 Å². The highest BCUT2D eigenvalue weighted by Gasteiger charge is 2.18. The van der Waals surface area contributed by atoms with Gasteiger partial charge in [0.05, 0.1) is 12.9 Å². The van der Waals surface area contributed by atoms with Crippen molar-refractivity contribution in [2.24, 2.45) is 17.8 Å². The highest BCUT2D eigenvalue weighted by atomic mass is 32.2. The number of allylic oxidation sites excluding steroid dienone is 1. The number of halogens is 1. The molecule has 0 aliphatic carbocycles. The van der Waals surface area contributed by atoms with E-state index in [-0.39, 0.29) is 11.3 Å². The highest BCUT2D eigenvalue weighted by Crippen LogP contribution is 2.37. The topological polar surface area (TPSA) is 86.7 Å². The lowest BCUT2D eigenvalue weighted by Crippen LogP contribution is -2.17. The second-order valence-electron chi connectivity index (χ2n) is 7.09. The summed E-state index contributed by atoms with van der Waals surface area (Å²) in [5, 5.41) is 1.17. The van der Waals surface area contributed by atoms with Crippen LogP contribution >= 0.6 is 0 Å². The first-order chi connectivity index (χ1) is 14.8. The van der Waals surface area contributed by atoms with Crippen molar-refractivity contribution in [3.8, 4) is 16.9 Å². The van der Waals surface area contributed by atoms with Crippen molar-refractivity contribution in [2.45, 2.75) is 5.75 Å². The van der Waals surface area contributed by atoms with Gasteiger partial charge >= 0.3 is 0 Å². The van der Waals surface area contributed by atoms with Crippen molar-refractivity contribution in [2.75, 3.05) is 20.4 Å². The Hall–Kier alpha value is -3.26. The van der Waals surface area contributed by atoms with Crippen LogP contribution in [0.3, 0.4) is 0 Å². The zero-order chi connectivity index (χ0) is 22.7. The van der Waals surface area contributed by atoms with Crippen molar-refractivity contribution in [1.29, 1.82) is 0 Å². The van der Waals surface area contributed by atoms with E-state index >= 15 is 0 Å². The number of rotatable bonds is 6. The van der Waals surface area contributed by atoms with Crippen LogP contribution in [-0.2, 0) is 23.6 Å². The van der Waals surface area contributed by atoms with Crippen molar-refractivity contribution in [3.05, 3.63) is 70.0 Å². The molecule has 1 aromatic heterocycles. The van der Waals surface area contributed by atoms with E-state index in [1.807, 2.05) is 6.07 Å². The molecule has 0 saturated carbocycles. The second kappa shape index (κ2) is 9.26. The first-order valence-corrected chi connectivity index (χ1v) is 11.2. The normalized spacial score (nSPS) is 13.1. The first-order valence-electron chi connectivity index (χ1n) is 9.45. The Morgan fingerprint density at radius 1 is 1.26 bits per heavy atom. The molecule has 0 fully saturated rings. The van der Waals surface area contributed by atoms with Gasteiger partial charge in [-0.1, -0.05) is 6.07 Å². The third kappa shape index (κ3) is 4.44. The van der Waals surface area contributed by atoms with E-state index in [2.05, 4.69) is 4.99 Å². The van der Waals surface area contributed by atoms with Crippen LogP contribution in [-0.4, -0.2) is 35.4 Å². The van der Waals surface area contributed by atoms with E-state index in [9.17, 15) is 13.4 Å². The molecule has 0 aliphatic rings. The van der Waals surface area contributed by atoms with Gasteiger partial charge < -0.3 is 15.0 Å². The molecule has 3 aromatic rings. The van der Waals surface area contributed by atoms with E-state index in [1.165, 1.54) is 30.2 Å². The Labute approximate surface area is 182 Å². The van der Waals surface area contributed by atoms with E-state index in [0.29, 0.717) is 38.8 Å². The fourth-order valence-electron chi connectivity index (χ4n) is 3.52. The maximum atomic E-state index is 14.5. The molecule has 0 radical (unpaired) electrons. The van der Waals surface area contributed by atoms with E-state index in [0.717, 1.165) is 5.56 Å². The van der Waals surface area contributed by atoms with Crippen molar-refractivity contribution < 1.29 is 13.3 Å². The number of benzene rings is 2. The number of aryl methyl sites for hydroxylation is 1. The van der Waals surface area contributed by atoms with Gasteiger partial charge in [-0.05, 0) is 29.1 Å². The molecule has 1 atom stereocenters. The Morgan fingerprint density at radius 3 is 2.61 bits per heavy atom. The average Bonchev–Trinajstić information content (AvgIpc) is 2.75. The zero-order valence-corrected chi connectivity index (χ0v) is 18.6. The predicted molar refractivity (Wildman–Crippen MR) is 125 cm³/mol. The SMILES string of the molecule is CN=CC(=CN)c1ccc2c(=O)n(C)cc(-c3cc(CS(C)=O)c(F)cc3OC)c2c1. The van der Waals surface area contributed by atoms with E-state index < -0.39 is 16.6 Å². The van der Waals surface area contributed by atoms with Crippen LogP contribution in [0.4, 0.5) is 4.39 Å². The number of nitrogens with two attached hydrogens (primary N) is 1. The molecule has 0 amide bonds. The summed E-state index contributed by atoms with van der Waals surface area (Å²) in [4.78, 5) is 16.8. The quantitative estimate of drug-likeness (QED) is 0.595. The molecule has 1 unspecified atom stereocenters. The smallest absolute Gasteiger partial charge is 0.258 e. The lowest BCUT2D eigenvalue weighted by atomic mass is 9.95. The minimum atomic E-state index is -1.22. The lowest BCUT2D eigenvalue weighted by molar-refractivity contribution is 0.412. The van der Waals surface area contributed by atoms with Gasteiger partial charge in [0.1, 0.15) is 11.6 Å². The standard InChI is InChI=1S/C23H24FN3O3S/c1-26-11-16(10-25)14-5-6-17-18(7-14)20(12-27(2)23(17)28)19-8-15(13-31(4)29)21(24)9-22(19)30-3/h5-12H,13,25H2,1-4H3. The number of nitrogens with zero attached hydrogens (tertiary/aromatic N) is 2. The number of hydrogen-bond acceptors (Lipinski definition) is 5. The van der Waals surface area contributed by atoms with Crippen LogP contribution in [0.5, 0.6) is 5.75 Å². The molecule has 0 aliphatic heterocycles. The minimum absolute atomic E-state index is 0.0742. The molecule has 2 N–H and O–H groups in total. The highest BCUT2D eigenvalue weighted by molar-refractivity contribution is 7.83. The fourth-order valence-corrected chi connectivity index (χ4v) is 4.18. The number of pyridine rings is 1. The van der Waals surface area contributed by atoms with Crippen LogP contribution in [0, 0.1) is 5.82 Å². The number of aromatic nitrogens is 1. The summed E-state index contributed by atoms with van der Waals surface area (Å²) in [5.41, 5.74) is 8.68. The van der Waals surface area contributed by atoms with E-state index in [4.69, 9.17) is 10.5 Å². The Bertz CT molecular complexity index is 1300. The summed E-state index contributed by atoms with van der Waals surface area (Å²) in [5.74, 6) is -0.0959. The number of fused-ring (bicyclic) bond motifs is 1. The molecule has 31 heavy (non-hydrogen) atoms. The minimum Gasteiger partial charge on any atom is -0.496 e. The summed E-state index contributed by atoms with van der Waals surface area (Å²) in [6, 6.07) is 8.32. The largest absolute Gasteiger partial charge is 0.496 e. The first kappa shape index (κ1) is 22.4. The van der Waals surface area contributed by atoms with Gasteiger partial charge in [0.15, 0.2) is 0 Å². The number of ether oxygens (including phenoxy) is 1. The van der Waals surface area contributed by atoms with Crippen LogP contribution in [0.1, 0.15) is 11.1 Å². The van der Waals surface area contributed by atoms with Crippen LogP contribution in [0.2, 0.25) is 0 Å². The van der Waals surface area contributed by atoms with Gasteiger partial charge in [-0.2, -0.15) is 0 Å². The summed E-state index contributed by atoms with van der Waals surface area (Å²) in [6.07, 6.45) is 6.29. The summed E-state index contributed by atoms with van der Waals surface area (Å²) in [6.45, 7) is 0. The van der Waals surface area contributed by atoms with E-state index in [1.54, 1.807) is 44.7 Å². The molecule has 8 heteroatoms. The molecule has 0 saturated heterocycles. The Morgan fingerprint density at radius 2 is 2.00 bits per heavy atom. The molecule has 162 valence electrons. The van der Waals surface area contributed by atoms with Crippen molar-refractivity contribution >= 4 is 33.4 Å². The maximum Gasteiger partial charge on any atom is 0.258 e. The molecule has 2 aromatic carbocycles. The third-order valence-electron chi connectivity index (χ3n) is 4.98. The fraction of sp³-hybridized carbons (Fsp3) is 0.217. The molecule has 3 rings (SSSR count).